The second-order valence-electron chi connectivity index (χ2n) is 4.45. The third-order valence-corrected chi connectivity index (χ3v) is 2.37. The number of rotatable bonds is 4. The number of nitrogens with two attached hydrogens (primary N) is 1. The van der Waals surface area contributed by atoms with Gasteiger partial charge in [-0.05, 0) is 26.0 Å². The van der Waals surface area contributed by atoms with E-state index >= 15 is 0 Å². The summed E-state index contributed by atoms with van der Waals surface area (Å²) in [5.41, 5.74) is 8.36. The van der Waals surface area contributed by atoms with Crippen LogP contribution in [0.3, 0.4) is 0 Å². The summed E-state index contributed by atoms with van der Waals surface area (Å²) in [5, 5.41) is 7.35. The van der Waals surface area contributed by atoms with E-state index in [1.807, 2.05) is 45.3 Å². The van der Waals surface area contributed by atoms with Crippen molar-refractivity contribution in [3.63, 3.8) is 0 Å². The van der Waals surface area contributed by atoms with Gasteiger partial charge in [0.2, 0.25) is 0 Å². The van der Waals surface area contributed by atoms with Crippen molar-refractivity contribution >= 4 is 17.1 Å². The number of aromatic nitrogens is 2. The maximum Gasteiger partial charge on any atom is 0.144 e. The molecule has 5 nitrogen and oxygen atoms in total. The summed E-state index contributed by atoms with van der Waals surface area (Å²) in [4.78, 5) is 0. The molecule has 0 radical (unpaired) electrons. The number of hydrogen-bond acceptors (Lipinski definition) is 4. The Morgan fingerprint density at radius 1 is 1.33 bits per heavy atom. The molecule has 96 valence electrons. The van der Waals surface area contributed by atoms with Crippen LogP contribution in [-0.2, 0) is 7.05 Å². The molecule has 2 aromatic rings. The molecule has 0 aliphatic heterocycles. The SMILES string of the molecule is CC(C)Oc1cc(Nc2cnn(C)c2)ccc1N. The van der Waals surface area contributed by atoms with Crippen LogP contribution in [0.15, 0.2) is 30.6 Å². The Morgan fingerprint density at radius 2 is 2.11 bits per heavy atom. The smallest absolute Gasteiger partial charge is 0.144 e. The fraction of sp³-hybridized carbons (Fsp3) is 0.308. The van der Waals surface area contributed by atoms with Gasteiger partial charge in [-0.2, -0.15) is 5.10 Å². The summed E-state index contributed by atoms with van der Waals surface area (Å²) >= 11 is 0. The standard InChI is InChI=1S/C13H18N4O/c1-9(2)18-13-6-10(4-5-12(13)14)16-11-7-15-17(3)8-11/h4-9,16H,14H2,1-3H3. The van der Waals surface area contributed by atoms with Gasteiger partial charge in [0, 0.05) is 25.0 Å². The topological polar surface area (TPSA) is 65.1 Å². The first-order chi connectivity index (χ1) is 8.54. The average Bonchev–Trinajstić information content (AvgIpc) is 2.68. The maximum atomic E-state index is 5.87. The number of nitrogen functional groups attached to an aromatic ring is 1. The van der Waals surface area contributed by atoms with Gasteiger partial charge in [0.1, 0.15) is 5.75 Å². The van der Waals surface area contributed by atoms with Crippen LogP contribution >= 0.6 is 0 Å². The minimum Gasteiger partial charge on any atom is -0.489 e. The predicted octanol–water partition coefficient (Wildman–Crippen LogP) is 2.53. The first-order valence-corrected chi connectivity index (χ1v) is 5.86. The molecular formula is C13H18N4O. The third-order valence-electron chi connectivity index (χ3n) is 2.37. The molecule has 0 bridgehead atoms. The van der Waals surface area contributed by atoms with E-state index in [0.717, 1.165) is 11.4 Å². The highest BCUT2D eigenvalue weighted by molar-refractivity contribution is 5.66. The number of benzene rings is 1. The summed E-state index contributed by atoms with van der Waals surface area (Å²) < 4.78 is 7.38. The van der Waals surface area contributed by atoms with E-state index in [1.165, 1.54) is 0 Å². The van der Waals surface area contributed by atoms with Crippen LogP contribution < -0.4 is 15.8 Å². The van der Waals surface area contributed by atoms with E-state index in [4.69, 9.17) is 10.5 Å². The molecule has 1 aromatic carbocycles. The van der Waals surface area contributed by atoms with E-state index in [-0.39, 0.29) is 6.10 Å². The minimum absolute atomic E-state index is 0.0981. The summed E-state index contributed by atoms with van der Waals surface area (Å²) in [6, 6.07) is 5.63. The fourth-order valence-corrected chi connectivity index (χ4v) is 1.62. The molecule has 0 atom stereocenters. The minimum atomic E-state index is 0.0981. The largest absolute Gasteiger partial charge is 0.489 e. The Labute approximate surface area is 107 Å². The van der Waals surface area contributed by atoms with Gasteiger partial charge in [0.25, 0.3) is 0 Å². The lowest BCUT2D eigenvalue weighted by molar-refractivity contribution is 0.244. The number of nitrogens with one attached hydrogen (secondary N) is 1. The van der Waals surface area contributed by atoms with Crippen LogP contribution in [0.1, 0.15) is 13.8 Å². The van der Waals surface area contributed by atoms with Gasteiger partial charge < -0.3 is 15.8 Å². The Kier molecular flexibility index (Phi) is 3.41. The van der Waals surface area contributed by atoms with Crippen molar-refractivity contribution in [3.05, 3.63) is 30.6 Å². The molecular weight excluding hydrogens is 228 g/mol. The summed E-state index contributed by atoms with van der Waals surface area (Å²) in [7, 11) is 1.88. The van der Waals surface area contributed by atoms with Crippen LogP contribution in [0.2, 0.25) is 0 Å². The number of aryl methyl sites for hydroxylation is 1. The number of ether oxygens (including phenoxy) is 1. The zero-order chi connectivity index (χ0) is 13.1. The molecule has 0 amide bonds. The van der Waals surface area contributed by atoms with Crippen LogP contribution in [-0.4, -0.2) is 15.9 Å². The molecule has 0 aliphatic rings. The van der Waals surface area contributed by atoms with Crippen molar-refractivity contribution in [1.82, 2.24) is 9.78 Å². The normalized spacial score (nSPS) is 10.7. The Morgan fingerprint density at radius 3 is 2.72 bits per heavy atom. The lowest BCUT2D eigenvalue weighted by atomic mass is 10.2. The van der Waals surface area contributed by atoms with E-state index in [1.54, 1.807) is 10.9 Å². The van der Waals surface area contributed by atoms with Crippen LogP contribution in [0.5, 0.6) is 5.75 Å². The van der Waals surface area contributed by atoms with Crippen LogP contribution in [0.25, 0.3) is 0 Å². The van der Waals surface area contributed by atoms with Gasteiger partial charge in [-0.3, -0.25) is 4.68 Å². The molecule has 0 saturated heterocycles. The molecule has 2 rings (SSSR count). The summed E-state index contributed by atoms with van der Waals surface area (Å²) in [5.74, 6) is 0.693. The van der Waals surface area contributed by atoms with Crippen molar-refractivity contribution in [2.24, 2.45) is 7.05 Å². The molecule has 0 unspecified atom stereocenters. The summed E-state index contributed by atoms with van der Waals surface area (Å²) in [6.07, 6.45) is 3.76. The van der Waals surface area contributed by atoms with Gasteiger partial charge in [-0.1, -0.05) is 0 Å². The van der Waals surface area contributed by atoms with Crippen molar-refractivity contribution in [2.75, 3.05) is 11.1 Å². The zero-order valence-corrected chi connectivity index (χ0v) is 10.8. The zero-order valence-electron chi connectivity index (χ0n) is 10.8. The van der Waals surface area contributed by atoms with E-state index < -0.39 is 0 Å². The first kappa shape index (κ1) is 12.3. The third kappa shape index (κ3) is 2.94. The fourth-order valence-electron chi connectivity index (χ4n) is 1.62. The highest BCUT2D eigenvalue weighted by Crippen LogP contribution is 2.28. The second-order valence-corrected chi connectivity index (χ2v) is 4.45. The van der Waals surface area contributed by atoms with Crippen LogP contribution in [0, 0.1) is 0 Å². The molecule has 0 saturated carbocycles. The summed E-state index contributed by atoms with van der Waals surface area (Å²) in [6.45, 7) is 3.95. The van der Waals surface area contributed by atoms with Crippen molar-refractivity contribution in [1.29, 1.82) is 0 Å². The monoisotopic (exact) mass is 246 g/mol. The molecule has 5 heteroatoms. The molecule has 1 heterocycles. The molecule has 0 aliphatic carbocycles. The van der Waals surface area contributed by atoms with E-state index in [0.29, 0.717) is 11.4 Å². The van der Waals surface area contributed by atoms with Gasteiger partial charge in [-0.15, -0.1) is 0 Å². The number of hydrogen-bond donors (Lipinski definition) is 2. The number of anilines is 3. The molecule has 18 heavy (non-hydrogen) atoms. The first-order valence-electron chi connectivity index (χ1n) is 5.86. The molecule has 0 fully saturated rings. The lowest BCUT2D eigenvalue weighted by Gasteiger charge is -2.13. The number of nitrogens with zero attached hydrogens (tertiary/aromatic N) is 2. The Bertz CT molecular complexity index is 534. The quantitative estimate of drug-likeness (QED) is 0.814. The van der Waals surface area contributed by atoms with Gasteiger partial charge >= 0.3 is 0 Å². The van der Waals surface area contributed by atoms with E-state index in [9.17, 15) is 0 Å². The van der Waals surface area contributed by atoms with Crippen LogP contribution in [0.4, 0.5) is 17.1 Å². The van der Waals surface area contributed by atoms with E-state index in [2.05, 4.69) is 10.4 Å². The highest BCUT2D eigenvalue weighted by Gasteiger charge is 2.05. The second kappa shape index (κ2) is 5.00. The Balaban J connectivity index is 2.18. The Hall–Kier alpha value is -2.17. The van der Waals surface area contributed by atoms with Gasteiger partial charge in [-0.25, -0.2) is 0 Å². The van der Waals surface area contributed by atoms with Crippen molar-refractivity contribution in [3.8, 4) is 5.75 Å². The highest BCUT2D eigenvalue weighted by atomic mass is 16.5. The maximum absolute atomic E-state index is 5.87. The molecule has 3 N–H and O–H groups in total. The predicted molar refractivity (Wildman–Crippen MR) is 73.1 cm³/mol. The molecule has 1 aromatic heterocycles. The van der Waals surface area contributed by atoms with Crippen molar-refractivity contribution in [2.45, 2.75) is 20.0 Å². The van der Waals surface area contributed by atoms with Gasteiger partial charge in [0.05, 0.1) is 23.7 Å². The average molecular weight is 246 g/mol. The molecule has 0 spiro atoms. The van der Waals surface area contributed by atoms with Gasteiger partial charge in [0.15, 0.2) is 0 Å². The van der Waals surface area contributed by atoms with Crippen molar-refractivity contribution < 1.29 is 4.74 Å². The lowest BCUT2D eigenvalue weighted by Crippen LogP contribution is -2.07.